The second-order valence-electron chi connectivity index (χ2n) is 5.03. The number of nitrogens with zero attached hydrogens (tertiary/aromatic N) is 3. The van der Waals surface area contributed by atoms with Crippen LogP contribution in [-0.2, 0) is 5.54 Å². The molecule has 0 spiro atoms. The Morgan fingerprint density at radius 3 is 2.74 bits per heavy atom. The summed E-state index contributed by atoms with van der Waals surface area (Å²) < 4.78 is 6.20. The van der Waals surface area contributed by atoms with Crippen molar-refractivity contribution >= 4 is 15.9 Å². The van der Waals surface area contributed by atoms with Crippen LogP contribution >= 0.6 is 15.9 Å². The largest absolute Gasteiger partial charge is 0.334 e. The van der Waals surface area contributed by atoms with E-state index in [2.05, 4.69) is 31.1 Å². The summed E-state index contributed by atoms with van der Waals surface area (Å²) in [5.41, 5.74) is 6.76. The molecule has 0 amide bonds. The van der Waals surface area contributed by atoms with E-state index in [1.54, 1.807) is 12.4 Å². The molecular formula is C13H15BrN4O. The van der Waals surface area contributed by atoms with Crippen LogP contribution in [0.3, 0.4) is 0 Å². The van der Waals surface area contributed by atoms with Crippen molar-refractivity contribution in [1.29, 1.82) is 0 Å². The number of pyridine rings is 1. The molecule has 0 bridgehead atoms. The normalized spacial score (nSPS) is 18.4. The Balaban J connectivity index is 1.91. The average Bonchev–Trinajstić information content (AvgIpc) is 2.90. The summed E-state index contributed by atoms with van der Waals surface area (Å²) in [6, 6.07) is 1.90. The molecule has 2 N–H and O–H groups in total. The molecule has 0 aliphatic heterocycles. The molecule has 1 aliphatic carbocycles. The molecule has 2 aromatic heterocycles. The number of hydrogen-bond donors (Lipinski definition) is 1. The second-order valence-corrected chi connectivity index (χ2v) is 5.95. The van der Waals surface area contributed by atoms with Crippen molar-refractivity contribution in [2.24, 2.45) is 5.73 Å². The average molecular weight is 323 g/mol. The fourth-order valence-electron chi connectivity index (χ4n) is 2.48. The number of hydrogen-bond acceptors (Lipinski definition) is 5. The first-order valence-corrected chi connectivity index (χ1v) is 7.21. The third-order valence-corrected chi connectivity index (χ3v) is 4.00. The van der Waals surface area contributed by atoms with E-state index >= 15 is 0 Å². The Bertz CT molecular complexity index is 578. The molecule has 0 radical (unpaired) electrons. The highest BCUT2D eigenvalue weighted by molar-refractivity contribution is 9.10. The number of rotatable bonds is 2. The Morgan fingerprint density at radius 1 is 1.21 bits per heavy atom. The van der Waals surface area contributed by atoms with Crippen LogP contribution in [-0.4, -0.2) is 15.1 Å². The number of halogens is 1. The summed E-state index contributed by atoms with van der Waals surface area (Å²) >= 11 is 3.38. The van der Waals surface area contributed by atoms with Gasteiger partial charge in [-0.3, -0.25) is 4.98 Å². The second kappa shape index (κ2) is 5.02. The zero-order valence-electron chi connectivity index (χ0n) is 10.5. The van der Waals surface area contributed by atoms with E-state index in [1.807, 2.05) is 6.07 Å². The zero-order chi connectivity index (χ0) is 13.3. The van der Waals surface area contributed by atoms with Gasteiger partial charge < -0.3 is 10.3 Å². The first kappa shape index (κ1) is 12.7. The Kier molecular flexibility index (Phi) is 3.36. The van der Waals surface area contributed by atoms with Crippen LogP contribution in [0.25, 0.3) is 11.5 Å². The van der Waals surface area contributed by atoms with Crippen LogP contribution in [0.15, 0.2) is 27.5 Å². The van der Waals surface area contributed by atoms with Crippen molar-refractivity contribution < 1.29 is 4.52 Å². The van der Waals surface area contributed by atoms with Gasteiger partial charge in [-0.1, -0.05) is 24.4 Å². The molecule has 1 saturated carbocycles. The van der Waals surface area contributed by atoms with Crippen molar-refractivity contribution in [3.63, 3.8) is 0 Å². The summed E-state index contributed by atoms with van der Waals surface area (Å²) in [5, 5.41) is 4.06. The summed E-state index contributed by atoms with van der Waals surface area (Å²) in [6.07, 6.45) is 8.74. The van der Waals surface area contributed by atoms with Gasteiger partial charge in [0.05, 0.1) is 11.1 Å². The maximum absolute atomic E-state index is 6.39. The van der Waals surface area contributed by atoms with Crippen molar-refractivity contribution in [2.75, 3.05) is 0 Å². The fraction of sp³-hybridized carbons (Fsp3) is 0.462. The topological polar surface area (TPSA) is 77.8 Å². The summed E-state index contributed by atoms with van der Waals surface area (Å²) in [5.74, 6) is 1.08. The first-order valence-electron chi connectivity index (χ1n) is 6.41. The quantitative estimate of drug-likeness (QED) is 0.919. The molecule has 2 heterocycles. The lowest BCUT2D eigenvalue weighted by Crippen LogP contribution is -2.39. The lowest BCUT2D eigenvalue weighted by atomic mass is 9.82. The van der Waals surface area contributed by atoms with E-state index < -0.39 is 5.54 Å². The molecular weight excluding hydrogens is 308 g/mol. The zero-order valence-corrected chi connectivity index (χ0v) is 12.1. The van der Waals surface area contributed by atoms with E-state index in [-0.39, 0.29) is 0 Å². The SMILES string of the molecule is NC1(c2noc(-c3cncc(Br)c3)n2)CCCCC1. The smallest absolute Gasteiger partial charge is 0.259 e. The first-order chi connectivity index (χ1) is 9.17. The monoisotopic (exact) mass is 322 g/mol. The van der Waals surface area contributed by atoms with Gasteiger partial charge >= 0.3 is 0 Å². The highest BCUT2D eigenvalue weighted by Crippen LogP contribution is 2.34. The highest BCUT2D eigenvalue weighted by atomic mass is 79.9. The maximum atomic E-state index is 6.39. The lowest BCUT2D eigenvalue weighted by molar-refractivity contribution is 0.275. The molecule has 0 aromatic carbocycles. The van der Waals surface area contributed by atoms with E-state index in [4.69, 9.17) is 10.3 Å². The Hall–Kier alpha value is -1.27. The van der Waals surface area contributed by atoms with Gasteiger partial charge in [0.1, 0.15) is 0 Å². The van der Waals surface area contributed by atoms with Crippen LogP contribution in [0.1, 0.15) is 37.9 Å². The summed E-state index contributed by atoms with van der Waals surface area (Å²) in [6.45, 7) is 0. The predicted molar refractivity (Wildman–Crippen MR) is 74.2 cm³/mol. The predicted octanol–water partition coefficient (Wildman–Crippen LogP) is 3.01. The van der Waals surface area contributed by atoms with E-state index in [1.165, 1.54) is 6.42 Å². The molecule has 19 heavy (non-hydrogen) atoms. The molecule has 3 rings (SSSR count). The van der Waals surface area contributed by atoms with Crippen molar-refractivity contribution in [1.82, 2.24) is 15.1 Å². The fourth-order valence-corrected chi connectivity index (χ4v) is 2.84. The van der Waals surface area contributed by atoms with Gasteiger partial charge in [0.2, 0.25) is 0 Å². The summed E-state index contributed by atoms with van der Waals surface area (Å²) in [4.78, 5) is 8.55. The standard InChI is InChI=1S/C13H15BrN4O/c14-10-6-9(7-16-8-10)11-17-12(18-19-11)13(15)4-2-1-3-5-13/h6-8H,1-5,15H2. The number of aromatic nitrogens is 3. The van der Waals surface area contributed by atoms with E-state index in [9.17, 15) is 0 Å². The molecule has 1 fully saturated rings. The Morgan fingerprint density at radius 2 is 2.00 bits per heavy atom. The summed E-state index contributed by atoms with van der Waals surface area (Å²) in [7, 11) is 0. The molecule has 0 saturated heterocycles. The van der Waals surface area contributed by atoms with Crippen molar-refractivity contribution in [2.45, 2.75) is 37.6 Å². The molecule has 2 aromatic rings. The maximum Gasteiger partial charge on any atom is 0.259 e. The highest BCUT2D eigenvalue weighted by Gasteiger charge is 2.34. The molecule has 6 heteroatoms. The third kappa shape index (κ3) is 2.55. The minimum atomic E-state index is -0.431. The Labute approximate surface area is 119 Å². The van der Waals surface area contributed by atoms with Crippen LogP contribution < -0.4 is 5.73 Å². The third-order valence-electron chi connectivity index (χ3n) is 3.57. The van der Waals surface area contributed by atoms with Gasteiger partial charge in [-0.15, -0.1) is 0 Å². The molecule has 0 unspecified atom stereocenters. The van der Waals surface area contributed by atoms with Crippen LogP contribution in [0.2, 0.25) is 0 Å². The lowest BCUT2D eigenvalue weighted by Gasteiger charge is -2.29. The molecule has 5 nitrogen and oxygen atoms in total. The molecule has 0 atom stereocenters. The van der Waals surface area contributed by atoms with E-state index in [0.717, 1.165) is 35.7 Å². The van der Waals surface area contributed by atoms with Gasteiger partial charge in [-0.05, 0) is 34.8 Å². The minimum absolute atomic E-state index is 0.431. The van der Waals surface area contributed by atoms with Crippen molar-refractivity contribution in [3.8, 4) is 11.5 Å². The van der Waals surface area contributed by atoms with Gasteiger partial charge in [0, 0.05) is 16.9 Å². The van der Waals surface area contributed by atoms with Gasteiger partial charge in [-0.25, -0.2) is 0 Å². The van der Waals surface area contributed by atoms with Gasteiger partial charge in [0.25, 0.3) is 5.89 Å². The van der Waals surface area contributed by atoms with Gasteiger partial charge in [-0.2, -0.15) is 4.98 Å². The minimum Gasteiger partial charge on any atom is -0.334 e. The van der Waals surface area contributed by atoms with Crippen LogP contribution in [0.5, 0.6) is 0 Å². The van der Waals surface area contributed by atoms with Crippen molar-refractivity contribution in [3.05, 3.63) is 28.8 Å². The van der Waals surface area contributed by atoms with Crippen LogP contribution in [0, 0.1) is 0 Å². The molecule has 100 valence electrons. The van der Waals surface area contributed by atoms with E-state index in [0.29, 0.717) is 11.7 Å². The van der Waals surface area contributed by atoms with Gasteiger partial charge in [0.15, 0.2) is 5.82 Å². The number of nitrogens with two attached hydrogens (primary N) is 1. The van der Waals surface area contributed by atoms with Crippen LogP contribution in [0.4, 0.5) is 0 Å². The molecule has 1 aliphatic rings.